The molecule has 0 saturated carbocycles. The Kier molecular flexibility index (Phi) is 2.99. The standard InChI is InChI=1S/C12H12F2N2O/c1-7(11-3-2-4-17-11)16-10-6-8(13)5-9(14)12(10)15/h2-7,16H,15H2,1H3. The van der Waals surface area contributed by atoms with Crippen LogP contribution in [-0.4, -0.2) is 0 Å². The topological polar surface area (TPSA) is 51.2 Å². The number of nitrogen functional groups attached to an aromatic ring is 1. The second-order valence-corrected chi connectivity index (χ2v) is 3.73. The molecule has 2 rings (SSSR count). The molecule has 90 valence electrons. The van der Waals surface area contributed by atoms with E-state index in [1.54, 1.807) is 19.1 Å². The van der Waals surface area contributed by atoms with Gasteiger partial charge in [0.2, 0.25) is 0 Å². The Morgan fingerprint density at radius 1 is 1.35 bits per heavy atom. The van der Waals surface area contributed by atoms with Gasteiger partial charge in [-0.1, -0.05) is 0 Å². The maximum Gasteiger partial charge on any atom is 0.151 e. The van der Waals surface area contributed by atoms with Crippen LogP contribution in [-0.2, 0) is 0 Å². The lowest BCUT2D eigenvalue weighted by molar-refractivity contribution is 0.490. The molecule has 1 aromatic carbocycles. The molecule has 1 aromatic heterocycles. The Labute approximate surface area is 97.2 Å². The van der Waals surface area contributed by atoms with Crippen molar-refractivity contribution in [3.05, 3.63) is 47.9 Å². The van der Waals surface area contributed by atoms with E-state index in [2.05, 4.69) is 5.32 Å². The molecule has 0 bridgehead atoms. The number of benzene rings is 1. The van der Waals surface area contributed by atoms with Crippen LogP contribution in [0.4, 0.5) is 20.2 Å². The van der Waals surface area contributed by atoms with E-state index in [-0.39, 0.29) is 17.4 Å². The molecule has 5 heteroatoms. The van der Waals surface area contributed by atoms with E-state index < -0.39 is 11.6 Å². The summed E-state index contributed by atoms with van der Waals surface area (Å²) in [5, 5.41) is 2.90. The second kappa shape index (κ2) is 4.45. The minimum Gasteiger partial charge on any atom is -0.467 e. The van der Waals surface area contributed by atoms with E-state index in [0.29, 0.717) is 5.76 Å². The fraction of sp³-hybridized carbons (Fsp3) is 0.167. The van der Waals surface area contributed by atoms with E-state index in [1.807, 2.05) is 0 Å². The highest BCUT2D eigenvalue weighted by atomic mass is 19.1. The van der Waals surface area contributed by atoms with Crippen LogP contribution in [0.2, 0.25) is 0 Å². The Balaban J connectivity index is 2.24. The van der Waals surface area contributed by atoms with Gasteiger partial charge in [-0.05, 0) is 25.1 Å². The molecule has 3 N–H and O–H groups in total. The number of hydrogen-bond acceptors (Lipinski definition) is 3. The lowest BCUT2D eigenvalue weighted by atomic mass is 10.2. The van der Waals surface area contributed by atoms with Crippen molar-refractivity contribution in [2.24, 2.45) is 0 Å². The van der Waals surface area contributed by atoms with Crippen molar-refractivity contribution < 1.29 is 13.2 Å². The quantitative estimate of drug-likeness (QED) is 0.806. The van der Waals surface area contributed by atoms with Crippen molar-refractivity contribution in [1.29, 1.82) is 0 Å². The third-order valence-electron chi connectivity index (χ3n) is 2.44. The zero-order valence-corrected chi connectivity index (χ0v) is 9.21. The molecular weight excluding hydrogens is 226 g/mol. The summed E-state index contributed by atoms with van der Waals surface area (Å²) in [6.07, 6.45) is 1.53. The van der Waals surface area contributed by atoms with E-state index >= 15 is 0 Å². The number of nitrogens with one attached hydrogen (secondary N) is 1. The summed E-state index contributed by atoms with van der Waals surface area (Å²) in [6.45, 7) is 1.81. The van der Waals surface area contributed by atoms with E-state index in [0.717, 1.165) is 12.1 Å². The lowest BCUT2D eigenvalue weighted by Gasteiger charge is -2.15. The fourth-order valence-electron chi connectivity index (χ4n) is 1.55. The number of halogens is 2. The molecule has 1 heterocycles. The molecule has 1 unspecified atom stereocenters. The number of hydrogen-bond donors (Lipinski definition) is 2. The number of nitrogens with two attached hydrogens (primary N) is 1. The van der Waals surface area contributed by atoms with Crippen LogP contribution in [0.5, 0.6) is 0 Å². The Morgan fingerprint density at radius 3 is 2.76 bits per heavy atom. The van der Waals surface area contributed by atoms with E-state index in [9.17, 15) is 8.78 Å². The molecule has 0 aliphatic heterocycles. The summed E-state index contributed by atoms with van der Waals surface area (Å²) in [6, 6.07) is 5.18. The van der Waals surface area contributed by atoms with Crippen LogP contribution >= 0.6 is 0 Å². The van der Waals surface area contributed by atoms with Crippen LogP contribution in [0.25, 0.3) is 0 Å². The van der Waals surface area contributed by atoms with Gasteiger partial charge >= 0.3 is 0 Å². The highest BCUT2D eigenvalue weighted by Crippen LogP contribution is 2.27. The van der Waals surface area contributed by atoms with E-state index in [1.165, 1.54) is 6.26 Å². The zero-order chi connectivity index (χ0) is 12.4. The minimum absolute atomic E-state index is 0.107. The van der Waals surface area contributed by atoms with Gasteiger partial charge < -0.3 is 15.5 Å². The maximum absolute atomic E-state index is 13.2. The van der Waals surface area contributed by atoms with Crippen molar-refractivity contribution in [3.63, 3.8) is 0 Å². The van der Waals surface area contributed by atoms with Crippen LogP contribution in [0.3, 0.4) is 0 Å². The minimum atomic E-state index is -0.779. The average Bonchev–Trinajstić information content (AvgIpc) is 2.78. The van der Waals surface area contributed by atoms with Crippen molar-refractivity contribution >= 4 is 11.4 Å². The van der Waals surface area contributed by atoms with Gasteiger partial charge in [-0.15, -0.1) is 0 Å². The monoisotopic (exact) mass is 238 g/mol. The average molecular weight is 238 g/mol. The first kappa shape index (κ1) is 11.4. The van der Waals surface area contributed by atoms with E-state index in [4.69, 9.17) is 10.2 Å². The van der Waals surface area contributed by atoms with Gasteiger partial charge in [0.25, 0.3) is 0 Å². The molecule has 2 aromatic rings. The Morgan fingerprint density at radius 2 is 2.12 bits per heavy atom. The van der Waals surface area contributed by atoms with Gasteiger partial charge in [0.15, 0.2) is 5.82 Å². The van der Waals surface area contributed by atoms with Crippen molar-refractivity contribution in [1.82, 2.24) is 0 Å². The summed E-state index contributed by atoms with van der Waals surface area (Å²) in [5.74, 6) is -0.793. The fourth-order valence-corrected chi connectivity index (χ4v) is 1.55. The lowest BCUT2D eigenvalue weighted by Crippen LogP contribution is -2.09. The third-order valence-corrected chi connectivity index (χ3v) is 2.44. The van der Waals surface area contributed by atoms with Crippen LogP contribution < -0.4 is 11.1 Å². The number of anilines is 2. The molecule has 0 amide bonds. The zero-order valence-electron chi connectivity index (χ0n) is 9.21. The summed E-state index contributed by atoms with van der Waals surface area (Å²) >= 11 is 0. The van der Waals surface area contributed by atoms with Crippen LogP contribution in [0.1, 0.15) is 18.7 Å². The van der Waals surface area contributed by atoms with Crippen molar-refractivity contribution in [3.8, 4) is 0 Å². The maximum atomic E-state index is 13.2. The highest BCUT2D eigenvalue weighted by molar-refractivity contribution is 5.67. The molecule has 0 spiro atoms. The first-order chi connectivity index (χ1) is 8.08. The van der Waals surface area contributed by atoms with Gasteiger partial charge in [-0.3, -0.25) is 0 Å². The first-order valence-corrected chi connectivity index (χ1v) is 5.12. The molecule has 17 heavy (non-hydrogen) atoms. The largest absolute Gasteiger partial charge is 0.467 e. The summed E-state index contributed by atoms with van der Waals surface area (Å²) in [7, 11) is 0. The number of furan rings is 1. The SMILES string of the molecule is CC(Nc1cc(F)cc(F)c1N)c1ccco1. The molecule has 3 nitrogen and oxygen atoms in total. The Hall–Kier alpha value is -2.04. The predicted octanol–water partition coefficient (Wildman–Crippen LogP) is 3.31. The smallest absolute Gasteiger partial charge is 0.151 e. The third kappa shape index (κ3) is 2.38. The normalized spacial score (nSPS) is 12.4. The highest BCUT2D eigenvalue weighted by Gasteiger charge is 2.13. The van der Waals surface area contributed by atoms with Crippen LogP contribution in [0, 0.1) is 11.6 Å². The van der Waals surface area contributed by atoms with Gasteiger partial charge in [0.1, 0.15) is 11.6 Å². The predicted molar refractivity (Wildman–Crippen MR) is 61.5 cm³/mol. The summed E-state index contributed by atoms with van der Waals surface area (Å²) < 4.78 is 31.4. The molecule has 0 aliphatic carbocycles. The van der Waals surface area contributed by atoms with Gasteiger partial charge in [0, 0.05) is 6.07 Å². The van der Waals surface area contributed by atoms with Crippen molar-refractivity contribution in [2.75, 3.05) is 11.1 Å². The second-order valence-electron chi connectivity index (χ2n) is 3.73. The first-order valence-electron chi connectivity index (χ1n) is 5.12. The molecule has 0 aliphatic rings. The Bertz CT molecular complexity index is 511. The summed E-state index contributed by atoms with van der Waals surface area (Å²) in [4.78, 5) is 0. The van der Waals surface area contributed by atoms with Gasteiger partial charge in [0.05, 0.1) is 23.7 Å². The molecule has 0 radical (unpaired) electrons. The summed E-state index contributed by atoms with van der Waals surface area (Å²) in [5.41, 5.74) is 5.63. The number of rotatable bonds is 3. The molecule has 1 atom stereocenters. The molecular formula is C12H12F2N2O. The molecule has 0 saturated heterocycles. The van der Waals surface area contributed by atoms with Gasteiger partial charge in [-0.25, -0.2) is 8.78 Å². The van der Waals surface area contributed by atoms with Crippen LogP contribution in [0.15, 0.2) is 34.9 Å². The molecule has 0 fully saturated rings. The van der Waals surface area contributed by atoms with Gasteiger partial charge in [-0.2, -0.15) is 0 Å². The van der Waals surface area contributed by atoms with Crippen molar-refractivity contribution in [2.45, 2.75) is 13.0 Å².